The smallest absolute Gasteiger partial charge is 0.264 e. The molecule has 0 fully saturated rings. The minimum atomic E-state index is -3.71. The van der Waals surface area contributed by atoms with Crippen LogP contribution in [0.4, 0.5) is 10.8 Å². The van der Waals surface area contributed by atoms with E-state index in [1.807, 2.05) is 24.3 Å². The summed E-state index contributed by atoms with van der Waals surface area (Å²) in [6.45, 7) is 1.47. The number of fused-ring (bicyclic) bond motifs is 1. The highest BCUT2D eigenvalue weighted by atomic mass is 32.2. The second-order valence-corrected chi connectivity index (χ2v) is 10.7. The summed E-state index contributed by atoms with van der Waals surface area (Å²) in [6.07, 6.45) is 0. The van der Waals surface area contributed by atoms with Crippen molar-refractivity contribution in [3.05, 3.63) is 83.9 Å². The van der Waals surface area contributed by atoms with Crippen LogP contribution in [-0.2, 0) is 10.0 Å². The lowest BCUT2D eigenvalue weighted by atomic mass is 10.1. The Hall–Kier alpha value is -3.40. The molecule has 0 N–H and O–H groups in total. The Morgan fingerprint density at radius 2 is 1.58 bits per heavy atom. The second-order valence-electron chi connectivity index (χ2n) is 7.52. The van der Waals surface area contributed by atoms with E-state index in [-0.39, 0.29) is 16.2 Å². The van der Waals surface area contributed by atoms with Crippen molar-refractivity contribution in [2.45, 2.75) is 11.8 Å². The molecule has 4 rings (SSSR count). The molecule has 0 bridgehead atoms. The van der Waals surface area contributed by atoms with Gasteiger partial charge in [-0.25, -0.2) is 17.7 Å². The summed E-state index contributed by atoms with van der Waals surface area (Å²) in [5, 5.41) is 0.442. The number of amides is 1. The van der Waals surface area contributed by atoms with Gasteiger partial charge >= 0.3 is 0 Å². The summed E-state index contributed by atoms with van der Waals surface area (Å²) in [7, 11) is -0.835. The lowest BCUT2D eigenvalue weighted by molar-refractivity contribution is 0.0996. The second kappa shape index (κ2) is 8.86. The number of ketones is 1. The molecule has 0 saturated carbocycles. The first-order valence-corrected chi connectivity index (χ1v) is 12.3. The lowest BCUT2D eigenvalue weighted by Crippen LogP contribution is -2.27. The third-order valence-corrected chi connectivity index (χ3v) is 7.90. The zero-order valence-corrected chi connectivity index (χ0v) is 19.9. The summed E-state index contributed by atoms with van der Waals surface area (Å²) in [6, 6.07) is 20.1. The number of nitrogens with zero attached hydrogens (tertiary/aromatic N) is 3. The molecular formula is C24H21N3O4S2. The lowest BCUT2D eigenvalue weighted by Gasteiger charge is -2.21. The van der Waals surface area contributed by atoms with Crippen molar-refractivity contribution >= 4 is 54.1 Å². The monoisotopic (exact) mass is 479 g/mol. The van der Waals surface area contributed by atoms with Gasteiger partial charge in [0.25, 0.3) is 5.91 Å². The van der Waals surface area contributed by atoms with Gasteiger partial charge in [-0.15, -0.1) is 0 Å². The number of carbonyl (C=O) groups is 2. The molecule has 9 heteroatoms. The van der Waals surface area contributed by atoms with Crippen molar-refractivity contribution in [3.63, 3.8) is 0 Å². The summed E-state index contributed by atoms with van der Waals surface area (Å²) in [4.78, 5) is 31.5. The van der Waals surface area contributed by atoms with E-state index in [1.54, 1.807) is 36.4 Å². The third-order valence-electron chi connectivity index (χ3n) is 5.07. The molecule has 0 radical (unpaired) electrons. The number of benzene rings is 3. The molecule has 0 aliphatic heterocycles. The number of aromatic nitrogens is 1. The molecule has 0 aliphatic carbocycles. The Morgan fingerprint density at radius 3 is 2.21 bits per heavy atom. The Balaban J connectivity index is 1.84. The largest absolute Gasteiger partial charge is 0.295 e. The van der Waals surface area contributed by atoms with Crippen LogP contribution in [0, 0.1) is 0 Å². The first-order chi connectivity index (χ1) is 15.7. The molecule has 168 valence electrons. The molecule has 0 unspecified atom stereocenters. The zero-order chi connectivity index (χ0) is 23.8. The van der Waals surface area contributed by atoms with Gasteiger partial charge < -0.3 is 0 Å². The van der Waals surface area contributed by atoms with E-state index < -0.39 is 15.9 Å². The van der Waals surface area contributed by atoms with Crippen LogP contribution in [0.25, 0.3) is 10.2 Å². The molecule has 0 spiro atoms. The third kappa shape index (κ3) is 4.43. The standard InChI is InChI=1S/C24H21N3O4S2/c1-16(28)17-11-13-19(14-12-17)27(24-25-21-9-4-5-10-22(21)32-24)23(29)18-7-6-8-20(15-18)33(30,31)26(2)3/h4-15H,1-3H3. The van der Waals surface area contributed by atoms with Crippen LogP contribution in [0.5, 0.6) is 0 Å². The van der Waals surface area contributed by atoms with E-state index in [0.717, 1.165) is 14.5 Å². The Kier molecular flexibility index (Phi) is 6.11. The first kappa shape index (κ1) is 22.8. The summed E-state index contributed by atoms with van der Waals surface area (Å²) < 4.78 is 27.2. The van der Waals surface area contributed by atoms with E-state index in [0.29, 0.717) is 16.4 Å². The van der Waals surface area contributed by atoms with Crippen molar-refractivity contribution in [3.8, 4) is 0 Å². The van der Waals surface area contributed by atoms with Gasteiger partial charge in [0.15, 0.2) is 10.9 Å². The molecule has 33 heavy (non-hydrogen) atoms. The molecule has 1 aromatic heterocycles. The van der Waals surface area contributed by atoms with Gasteiger partial charge in [-0.3, -0.25) is 14.5 Å². The maximum Gasteiger partial charge on any atom is 0.264 e. The minimum Gasteiger partial charge on any atom is -0.295 e. The Labute approximate surface area is 196 Å². The highest BCUT2D eigenvalue weighted by Gasteiger charge is 2.25. The van der Waals surface area contributed by atoms with Crippen LogP contribution < -0.4 is 4.90 Å². The van der Waals surface area contributed by atoms with Crippen molar-refractivity contribution in [1.29, 1.82) is 0 Å². The minimum absolute atomic E-state index is 0.0227. The quantitative estimate of drug-likeness (QED) is 0.373. The predicted octanol–water partition coefficient (Wildman–Crippen LogP) is 4.73. The predicted molar refractivity (Wildman–Crippen MR) is 130 cm³/mol. The van der Waals surface area contributed by atoms with Gasteiger partial charge in [-0.2, -0.15) is 0 Å². The van der Waals surface area contributed by atoms with Crippen LogP contribution in [0.2, 0.25) is 0 Å². The molecule has 1 heterocycles. The first-order valence-electron chi connectivity index (χ1n) is 10.0. The average Bonchev–Trinajstić information content (AvgIpc) is 3.23. The Bertz CT molecular complexity index is 1430. The van der Waals surface area contributed by atoms with Gasteiger partial charge in [0.05, 0.1) is 20.8 Å². The number of anilines is 2. The number of Topliss-reactive ketones (excluding diaryl/α,β-unsaturated/α-hetero) is 1. The van der Waals surface area contributed by atoms with Crippen LogP contribution in [0.1, 0.15) is 27.6 Å². The highest BCUT2D eigenvalue weighted by Crippen LogP contribution is 2.35. The van der Waals surface area contributed by atoms with E-state index in [2.05, 4.69) is 4.98 Å². The fraction of sp³-hybridized carbons (Fsp3) is 0.125. The average molecular weight is 480 g/mol. The molecule has 7 nitrogen and oxygen atoms in total. The number of hydrogen-bond donors (Lipinski definition) is 0. The molecule has 1 amide bonds. The fourth-order valence-electron chi connectivity index (χ4n) is 3.24. The van der Waals surface area contributed by atoms with Crippen LogP contribution in [0.15, 0.2) is 77.7 Å². The molecule has 0 aliphatic rings. The van der Waals surface area contributed by atoms with Crippen LogP contribution >= 0.6 is 11.3 Å². The summed E-state index contributed by atoms with van der Waals surface area (Å²) in [5.41, 5.74) is 1.99. The number of para-hydroxylation sites is 1. The normalized spacial score (nSPS) is 11.6. The number of sulfonamides is 1. The highest BCUT2D eigenvalue weighted by molar-refractivity contribution is 7.89. The Morgan fingerprint density at radius 1 is 0.879 bits per heavy atom. The molecule has 0 saturated heterocycles. The molecule has 3 aromatic carbocycles. The number of thiazole rings is 1. The van der Waals surface area contributed by atoms with Crippen molar-refractivity contribution in [1.82, 2.24) is 9.29 Å². The maximum absolute atomic E-state index is 13.7. The number of rotatable bonds is 6. The van der Waals surface area contributed by atoms with Crippen molar-refractivity contribution < 1.29 is 18.0 Å². The SMILES string of the molecule is CC(=O)c1ccc(N(C(=O)c2cccc(S(=O)(=O)N(C)C)c2)c2nc3ccccc3s2)cc1. The molecule has 4 aromatic rings. The van der Waals surface area contributed by atoms with Crippen LogP contribution in [0.3, 0.4) is 0 Å². The number of hydrogen-bond acceptors (Lipinski definition) is 6. The van der Waals surface area contributed by atoms with Gasteiger partial charge in [0.1, 0.15) is 0 Å². The topological polar surface area (TPSA) is 87.7 Å². The fourth-order valence-corrected chi connectivity index (χ4v) is 5.18. The van der Waals surface area contributed by atoms with E-state index in [4.69, 9.17) is 0 Å². The zero-order valence-electron chi connectivity index (χ0n) is 18.2. The summed E-state index contributed by atoms with van der Waals surface area (Å²) >= 11 is 1.35. The van der Waals surface area contributed by atoms with E-state index in [1.165, 1.54) is 49.4 Å². The maximum atomic E-state index is 13.7. The summed E-state index contributed by atoms with van der Waals surface area (Å²) in [5.74, 6) is -0.513. The van der Waals surface area contributed by atoms with E-state index in [9.17, 15) is 18.0 Å². The van der Waals surface area contributed by atoms with Crippen molar-refractivity contribution in [2.24, 2.45) is 0 Å². The van der Waals surface area contributed by atoms with Gasteiger partial charge in [0.2, 0.25) is 10.0 Å². The number of carbonyl (C=O) groups excluding carboxylic acids is 2. The van der Waals surface area contributed by atoms with E-state index >= 15 is 0 Å². The van der Waals surface area contributed by atoms with Gasteiger partial charge in [0, 0.05) is 25.2 Å². The van der Waals surface area contributed by atoms with Crippen LogP contribution in [-0.4, -0.2) is 43.5 Å². The van der Waals surface area contributed by atoms with Gasteiger partial charge in [-0.05, 0) is 61.5 Å². The van der Waals surface area contributed by atoms with Crippen molar-refractivity contribution in [2.75, 3.05) is 19.0 Å². The van der Waals surface area contributed by atoms with Gasteiger partial charge in [-0.1, -0.05) is 29.5 Å². The molecule has 0 atom stereocenters. The molecular weight excluding hydrogens is 458 g/mol.